The maximum Gasteiger partial charge on any atom is 4.00 e. The van der Waals surface area contributed by atoms with Gasteiger partial charge < -0.3 is 186 Å². The van der Waals surface area contributed by atoms with Crippen LogP contribution in [0.2, 0.25) is 0 Å². The first-order chi connectivity index (χ1) is 0. The van der Waals surface area contributed by atoms with Crippen LogP contribution < -0.4 is 266 Å². The van der Waals surface area contributed by atoms with Crippen molar-refractivity contribution in [3.05, 3.63) is 0 Å². The maximum atomic E-state index is 0. The van der Waals surface area contributed by atoms with Crippen LogP contribution in [0.1, 0.15) is 0 Å². The summed E-state index contributed by atoms with van der Waals surface area (Å²) in [4.78, 5) is 0. The maximum absolute atomic E-state index is 0. The van der Waals surface area contributed by atoms with E-state index in [0.29, 0.717) is 0 Å². The molecule has 53 heteroatoms. The molecule has 0 unspecified atom stereocenters. The molecule has 34 nitrogen and oxygen atoms in total. The molecule has 0 radical (unpaired) electrons. The largest absolute Gasteiger partial charge is 4.00 e. The van der Waals surface area contributed by atoms with E-state index in [-0.39, 0.29) is 653 Å². The summed E-state index contributed by atoms with van der Waals surface area (Å²) in [5, 5.41) is 0. The molecule has 0 aliphatic carbocycles. The van der Waals surface area contributed by atoms with Gasteiger partial charge in [-0.1, -0.05) is 0 Å². The zero-order valence-electron chi connectivity index (χ0n) is 27.1. The fourth-order valence-corrected chi connectivity index (χ4v) is 0. The number of hydrogen-bond donors (Lipinski definition) is 0. The summed E-state index contributed by atoms with van der Waals surface area (Å²) in [6.07, 6.45) is 0. The Bertz CT molecular complexity index is 73.5. The quantitative estimate of drug-likeness (QED) is 0.204. The van der Waals surface area contributed by atoms with Gasteiger partial charge in [0.2, 0.25) is 0 Å². The van der Waals surface area contributed by atoms with Crippen LogP contribution in [0.5, 0.6) is 0 Å². The minimum atomic E-state index is 0. The molecule has 0 aromatic carbocycles. The van der Waals surface area contributed by atoms with Gasteiger partial charge in [-0.25, -0.2) is 0 Å². The summed E-state index contributed by atoms with van der Waals surface area (Å²) in [5.41, 5.74) is 0. The predicted octanol–water partition coefficient (Wildman–Crippen LogP) is -31.4. The van der Waals surface area contributed by atoms with Crippen LogP contribution in [0.4, 0.5) is 0 Å². The topological polar surface area (TPSA) is 969 Å². The van der Waals surface area contributed by atoms with Gasteiger partial charge in [0.05, 0.1) is 0 Å². The molecule has 0 aliphatic heterocycles. The Morgan fingerprint density at radius 2 is 0.0755 bits per heavy atom. The van der Waals surface area contributed by atoms with Crippen molar-refractivity contribution in [2.75, 3.05) is 0 Å². The van der Waals surface area contributed by atoms with Gasteiger partial charge in [0, 0.05) is 190 Å². The first-order valence-electron chi connectivity index (χ1n) is 0. The second-order valence-electron chi connectivity index (χ2n) is 0. The smallest absolute Gasteiger partial charge is 2.00 e. The summed E-state index contributed by atoms with van der Waals surface area (Å²) >= 11 is 0. The molecule has 53 heavy (non-hydrogen) atoms. The molecule has 0 aromatic heterocycles. The van der Waals surface area contributed by atoms with Gasteiger partial charge in [0.25, 0.3) is 0 Å². The summed E-state index contributed by atoms with van der Waals surface area (Å²) in [6.45, 7) is 0. The number of rotatable bonds is 0. The van der Waals surface area contributed by atoms with Crippen LogP contribution >= 0.6 is 0 Å². The molecule has 0 N–H and O–H groups in total. The zero-order chi connectivity index (χ0) is 0. The molecule has 0 heterocycles. The van der Waals surface area contributed by atoms with Crippen LogP contribution in [0.3, 0.4) is 0 Å². The van der Waals surface area contributed by atoms with Crippen molar-refractivity contribution in [2.45, 2.75) is 0 Å². The Morgan fingerprint density at radius 1 is 0.0755 bits per heavy atom. The molecular formula is Na9O34SiW9-55. The Balaban J connectivity index is 0. The van der Waals surface area contributed by atoms with Crippen LogP contribution in [0.25, 0.3) is 0 Å². The van der Waals surface area contributed by atoms with E-state index in [2.05, 4.69) is 0 Å². The molecule has 326 valence electrons. The zero-order valence-corrected chi connectivity index (χ0v) is 72.5. The van der Waals surface area contributed by atoms with E-state index < -0.39 is 0 Å². The molecule has 0 saturated carbocycles. The van der Waals surface area contributed by atoms with Crippen molar-refractivity contribution < 1.29 is 642 Å². The van der Waals surface area contributed by atoms with Crippen LogP contribution in [-0.4, -0.2) is 11.0 Å². The molecule has 0 amide bonds. The van der Waals surface area contributed by atoms with E-state index in [0.717, 1.165) is 0 Å². The Labute approximate surface area is 638 Å². The third kappa shape index (κ3) is 1370. The van der Waals surface area contributed by atoms with E-state index in [9.17, 15) is 0 Å². The fourth-order valence-electron chi connectivity index (χ4n) is 0. The Kier molecular flexibility index (Phi) is 39600. The molecule has 0 aromatic rings. The van der Waals surface area contributed by atoms with Gasteiger partial charge in [-0.05, 0) is 0 Å². The normalized spacial score (nSPS) is 0. The van der Waals surface area contributed by atoms with E-state index in [1.165, 1.54) is 0 Å². The molecule has 0 saturated heterocycles. The average Bonchev–Trinajstić information content (AvgIpc) is 0. The predicted molar refractivity (Wildman–Crippen MR) is 29.1 cm³/mol. The van der Waals surface area contributed by atoms with Crippen LogP contribution in [0, 0.1) is 0 Å². The van der Waals surface area contributed by atoms with Crippen molar-refractivity contribution >= 4 is 11.0 Å². The Morgan fingerprint density at radius 3 is 0.0755 bits per heavy atom. The molecule has 0 bridgehead atoms. The summed E-state index contributed by atoms with van der Waals surface area (Å²) in [5.74, 6) is 0. The van der Waals surface area contributed by atoms with Gasteiger partial charge in [0.15, 0.2) is 0 Å². The third-order valence-corrected chi connectivity index (χ3v) is 0. The molecule has 0 aliphatic rings. The second kappa shape index (κ2) is 1420. The fraction of sp³-hybridized carbons (Fsp3) is 0. The molecule has 0 atom stereocenters. The molecule has 0 fully saturated rings. The van der Waals surface area contributed by atoms with Crippen LogP contribution in [-0.2, 0) is 376 Å². The van der Waals surface area contributed by atoms with E-state index in [1.54, 1.807) is 0 Å². The van der Waals surface area contributed by atoms with Gasteiger partial charge in [-0.2, -0.15) is 0 Å². The van der Waals surface area contributed by atoms with E-state index >= 15 is 0 Å². The molecular weight excluding hydrogens is 2430 g/mol. The first-order valence-corrected chi connectivity index (χ1v) is 0. The van der Waals surface area contributed by atoms with Gasteiger partial charge >= 0.3 is 277 Å². The first kappa shape index (κ1) is 1480. The van der Waals surface area contributed by atoms with Crippen molar-refractivity contribution in [1.29, 1.82) is 0 Å². The van der Waals surface area contributed by atoms with Crippen molar-refractivity contribution in [2.24, 2.45) is 0 Å². The average molecular weight is 2430 g/mol. The summed E-state index contributed by atoms with van der Waals surface area (Å²) in [7, 11) is 0. The van der Waals surface area contributed by atoms with Crippen molar-refractivity contribution in [3.63, 3.8) is 0 Å². The van der Waals surface area contributed by atoms with Crippen molar-refractivity contribution in [1.82, 2.24) is 0 Å². The van der Waals surface area contributed by atoms with Gasteiger partial charge in [-0.15, -0.1) is 0 Å². The summed E-state index contributed by atoms with van der Waals surface area (Å²) in [6, 6.07) is 0. The van der Waals surface area contributed by atoms with Gasteiger partial charge in [0.1, 0.15) is 0 Å². The SMILES string of the molecule is [Na+].[Na+].[Na+].[Na+].[Na+].[Na+].[Na+].[Na+].[Na+].[O-2].[O-2].[O-2].[O-2].[O-2].[O-2].[O-2].[O-2].[O-2].[O-2].[O-2].[O-2].[O-2].[O-2].[O-2].[O-2].[O-2].[O-2].[O-2].[O-2].[O-2].[O-2].[O-2].[O-2].[O-2].[O-2].[O-2].[O-2].[O-2].[O-2].[O-2].[O-2].[O-2].[O-2].[Si+4].[W].[W].[W].[W].[W].[W].[W].[W].[W]. The second-order valence-corrected chi connectivity index (χ2v) is 0. The standard InChI is InChI=1S/9Na.34O.Si.9W/q9*+1;34*-2;+4;;;;;;;;;. The van der Waals surface area contributed by atoms with E-state index in [1.807, 2.05) is 0 Å². The van der Waals surface area contributed by atoms with Crippen LogP contribution in [0.15, 0.2) is 0 Å². The third-order valence-electron chi connectivity index (χ3n) is 0. The van der Waals surface area contributed by atoms with Gasteiger partial charge in [-0.3, -0.25) is 0 Å². The van der Waals surface area contributed by atoms with Crippen molar-refractivity contribution in [3.8, 4) is 0 Å². The molecule has 0 rings (SSSR count). The monoisotopic (exact) mass is 2430 g/mol. The minimum absolute atomic E-state index is 0. The summed E-state index contributed by atoms with van der Waals surface area (Å²) < 4.78 is 0. The van der Waals surface area contributed by atoms with E-state index in [4.69, 9.17) is 0 Å². The Hall–Kier alpha value is 14.1. The number of hydrogen-bond acceptors (Lipinski definition) is 0. The molecule has 0 spiro atoms. The minimum Gasteiger partial charge on any atom is -2.00 e.